The Morgan fingerprint density at radius 3 is 2.20 bits per heavy atom. The molecule has 1 aromatic rings. The van der Waals surface area contributed by atoms with Crippen molar-refractivity contribution in [1.82, 2.24) is 10.6 Å². The highest BCUT2D eigenvalue weighted by Gasteiger charge is 2.15. The smallest absolute Gasteiger partial charge is 0.251 e. The van der Waals surface area contributed by atoms with Crippen molar-refractivity contribution in [2.24, 2.45) is 5.92 Å². The van der Waals surface area contributed by atoms with Crippen LogP contribution in [0.4, 0.5) is 0 Å². The first-order valence-corrected chi connectivity index (χ1v) is 8.77. The molecule has 0 aliphatic heterocycles. The van der Waals surface area contributed by atoms with Crippen LogP contribution in [0.1, 0.15) is 55.3 Å². The average Bonchev–Trinajstić information content (AvgIpc) is 2.61. The molecule has 25 heavy (non-hydrogen) atoms. The first kappa shape index (κ1) is 18.9. The Morgan fingerprint density at radius 1 is 0.960 bits per heavy atom. The summed E-state index contributed by atoms with van der Waals surface area (Å²) in [4.78, 5) is 23.7. The zero-order valence-electron chi connectivity index (χ0n) is 14.3. The van der Waals surface area contributed by atoms with Crippen LogP contribution in [0, 0.1) is 5.92 Å². The molecule has 2 rings (SSSR count). The van der Waals surface area contributed by atoms with E-state index in [1.165, 1.54) is 32.1 Å². The second-order valence-corrected chi connectivity index (χ2v) is 6.51. The number of aromatic hydroxyl groups is 3. The van der Waals surface area contributed by atoms with Gasteiger partial charge in [0.1, 0.15) is 0 Å². The number of amides is 2. The Morgan fingerprint density at radius 2 is 1.56 bits per heavy atom. The van der Waals surface area contributed by atoms with E-state index in [2.05, 4.69) is 10.6 Å². The molecule has 1 fully saturated rings. The molecule has 1 saturated carbocycles. The molecule has 7 heteroatoms. The number of rotatable bonds is 7. The molecule has 1 aromatic carbocycles. The summed E-state index contributed by atoms with van der Waals surface area (Å²) in [5.74, 6) is -1.67. The third kappa shape index (κ3) is 5.85. The van der Waals surface area contributed by atoms with Crippen LogP contribution >= 0.6 is 0 Å². The number of carbonyl (C=O) groups excluding carboxylic acids is 2. The van der Waals surface area contributed by atoms with Gasteiger partial charge in [0.25, 0.3) is 5.91 Å². The molecule has 0 spiro atoms. The molecule has 0 atom stereocenters. The van der Waals surface area contributed by atoms with Gasteiger partial charge in [0.15, 0.2) is 17.2 Å². The third-order valence-corrected chi connectivity index (χ3v) is 4.57. The fraction of sp³-hybridized carbons (Fsp3) is 0.556. The predicted octanol–water partition coefficient (Wildman–Crippen LogP) is 2.01. The van der Waals surface area contributed by atoms with Crippen molar-refractivity contribution >= 4 is 11.8 Å². The van der Waals surface area contributed by atoms with Crippen LogP contribution in [0.3, 0.4) is 0 Å². The lowest BCUT2D eigenvalue weighted by Gasteiger charge is -2.20. The molecule has 7 nitrogen and oxygen atoms in total. The number of phenolic OH excluding ortho intramolecular Hbond substituents is 3. The van der Waals surface area contributed by atoms with Gasteiger partial charge >= 0.3 is 0 Å². The molecule has 0 heterocycles. The largest absolute Gasteiger partial charge is 0.504 e. The van der Waals surface area contributed by atoms with Gasteiger partial charge in [-0.05, 0) is 24.5 Å². The van der Waals surface area contributed by atoms with Gasteiger partial charge in [-0.1, -0.05) is 32.1 Å². The maximum Gasteiger partial charge on any atom is 0.251 e. The summed E-state index contributed by atoms with van der Waals surface area (Å²) in [6, 6.07) is 2.13. The highest BCUT2D eigenvalue weighted by Crippen LogP contribution is 2.35. The average molecular weight is 350 g/mol. The van der Waals surface area contributed by atoms with Crippen molar-refractivity contribution in [3.8, 4) is 17.2 Å². The van der Waals surface area contributed by atoms with Gasteiger partial charge in [0, 0.05) is 25.1 Å². The Kier molecular flexibility index (Phi) is 6.91. The van der Waals surface area contributed by atoms with Gasteiger partial charge in [-0.2, -0.15) is 0 Å². The van der Waals surface area contributed by atoms with Crippen molar-refractivity contribution in [2.75, 3.05) is 13.1 Å². The summed E-state index contributed by atoms with van der Waals surface area (Å²) < 4.78 is 0. The van der Waals surface area contributed by atoms with Gasteiger partial charge in [-0.3, -0.25) is 9.59 Å². The number of benzene rings is 1. The molecule has 0 saturated heterocycles. The highest BCUT2D eigenvalue weighted by atomic mass is 16.3. The van der Waals surface area contributed by atoms with Crippen LogP contribution in [-0.2, 0) is 4.79 Å². The van der Waals surface area contributed by atoms with Crippen molar-refractivity contribution in [2.45, 2.75) is 44.9 Å². The number of hydrogen-bond donors (Lipinski definition) is 5. The third-order valence-electron chi connectivity index (χ3n) is 4.57. The molecule has 0 unspecified atom stereocenters. The van der Waals surface area contributed by atoms with E-state index in [9.17, 15) is 24.9 Å². The van der Waals surface area contributed by atoms with Crippen LogP contribution in [0.2, 0.25) is 0 Å². The van der Waals surface area contributed by atoms with Crippen molar-refractivity contribution < 1.29 is 24.9 Å². The summed E-state index contributed by atoms with van der Waals surface area (Å²) >= 11 is 0. The van der Waals surface area contributed by atoms with E-state index < -0.39 is 23.2 Å². The van der Waals surface area contributed by atoms with E-state index in [0.29, 0.717) is 18.9 Å². The Balaban J connectivity index is 1.65. The van der Waals surface area contributed by atoms with Crippen LogP contribution in [-0.4, -0.2) is 40.2 Å². The summed E-state index contributed by atoms with van der Waals surface area (Å²) in [7, 11) is 0. The Bertz CT molecular complexity index is 588. The van der Waals surface area contributed by atoms with E-state index >= 15 is 0 Å². The molecule has 2 amide bonds. The minimum atomic E-state index is -0.665. The molecular formula is C18H26N2O5. The van der Waals surface area contributed by atoms with Crippen molar-refractivity contribution in [1.29, 1.82) is 0 Å². The predicted molar refractivity (Wildman–Crippen MR) is 92.6 cm³/mol. The molecule has 1 aliphatic rings. The Labute approximate surface area is 147 Å². The minimum absolute atomic E-state index is 0.0141. The van der Waals surface area contributed by atoms with Crippen LogP contribution in [0.25, 0.3) is 0 Å². The SMILES string of the molecule is O=C(CCC1CCCCC1)NCCNC(=O)c1cc(O)c(O)c(O)c1. The zero-order chi connectivity index (χ0) is 18.2. The van der Waals surface area contributed by atoms with Crippen LogP contribution in [0.5, 0.6) is 17.2 Å². The maximum absolute atomic E-state index is 11.9. The molecular weight excluding hydrogens is 324 g/mol. The lowest BCUT2D eigenvalue weighted by atomic mass is 9.86. The fourth-order valence-corrected chi connectivity index (χ4v) is 3.11. The Hall–Kier alpha value is -2.44. The van der Waals surface area contributed by atoms with Gasteiger partial charge < -0.3 is 26.0 Å². The lowest BCUT2D eigenvalue weighted by molar-refractivity contribution is -0.121. The highest BCUT2D eigenvalue weighted by molar-refractivity contribution is 5.95. The van der Waals surface area contributed by atoms with E-state index in [1.54, 1.807) is 0 Å². The molecule has 0 radical (unpaired) electrons. The molecule has 1 aliphatic carbocycles. The molecule has 0 bridgehead atoms. The molecule has 138 valence electrons. The van der Waals surface area contributed by atoms with Gasteiger partial charge in [-0.15, -0.1) is 0 Å². The van der Waals surface area contributed by atoms with E-state index in [-0.39, 0.29) is 18.0 Å². The number of phenols is 3. The van der Waals surface area contributed by atoms with E-state index in [1.807, 2.05) is 0 Å². The molecule has 5 N–H and O–H groups in total. The van der Waals surface area contributed by atoms with Crippen molar-refractivity contribution in [3.05, 3.63) is 17.7 Å². The molecule has 0 aromatic heterocycles. The maximum atomic E-state index is 11.9. The normalized spacial score (nSPS) is 14.9. The van der Waals surface area contributed by atoms with E-state index in [4.69, 9.17) is 0 Å². The zero-order valence-corrected chi connectivity index (χ0v) is 14.3. The van der Waals surface area contributed by atoms with Gasteiger partial charge in [0.05, 0.1) is 0 Å². The quantitative estimate of drug-likeness (QED) is 0.381. The fourth-order valence-electron chi connectivity index (χ4n) is 3.11. The first-order valence-electron chi connectivity index (χ1n) is 8.77. The van der Waals surface area contributed by atoms with Gasteiger partial charge in [-0.25, -0.2) is 0 Å². The first-order chi connectivity index (χ1) is 12.0. The topological polar surface area (TPSA) is 119 Å². The monoisotopic (exact) mass is 350 g/mol. The van der Waals surface area contributed by atoms with Crippen LogP contribution in [0.15, 0.2) is 12.1 Å². The summed E-state index contributed by atoms with van der Waals surface area (Å²) in [6.45, 7) is 0.543. The van der Waals surface area contributed by atoms with Crippen molar-refractivity contribution in [3.63, 3.8) is 0 Å². The number of hydrogen-bond acceptors (Lipinski definition) is 5. The second-order valence-electron chi connectivity index (χ2n) is 6.51. The van der Waals surface area contributed by atoms with Gasteiger partial charge in [0.2, 0.25) is 5.91 Å². The number of nitrogens with one attached hydrogen (secondary N) is 2. The minimum Gasteiger partial charge on any atom is -0.504 e. The van der Waals surface area contributed by atoms with Crippen LogP contribution < -0.4 is 10.6 Å². The summed E-state index contributed by atoms with van der Waals surface area (Å²) in [6.07, 6.45) is 7.70. The van der Waals surface area contributed by atoms with E-state index in [0.717, 1.165) is 18.6 Å². The number of carbonyl (C=O) groups is 2. The lowest BCUT2D eigenvalue weighted by Crippen LogP contribution is -2.34. The summed E-state index contributed by atoms with van der Waals surface area (Å²) in [5, 5.41) is 33.4. The standard InChI is InChI=1S/C18H26N2O5/c21-14-10-13(11-15(22)17(14)24)18(25)20-9-8-19-16(23)7-6-12-4-2-1-3-5-12/h10-12,21-22,24H,1-9H2,(H,19,23)(H,20,25). The second kappa shape index (κ2) is 9.15. The summed E-state index contributed by atoms with van der Waals surface area (Å²) in [5.41, 5.74) is 0.0245.